The Balaban J connectivity index is 0. The Bertz CT molecular complexity index is 306. The van der Waals surface area contributed by atoms with E-state index < -0.39 is 28.0 Å². The summed E-state index contributed by atoms with van der Waals surface area (Å²) in [7, 11) is 2.05. The quantitative estimate of drug-likeness (QED) is 0.236. The number of nitrogens with one attached hydrogen (secondary N) is 1. The minimum Gasteiger partial charge on any atom is -0.341 e. The molecule has 0 atom stereocenters. The van der Waals surface area contributed by atoms with Gasteiger partial charge in [-0.2, -0.15) is 0 Å². The maximum atomic E-state index is 11.1. The fourth-order valence-corrected chi connectivity index (χ4v) is 0.633. The summed E-state index contributed by atoms with van der Waals surface area (Å²) in [6.07, 6.45) is -1.78. The average molecular weight is 258 g/mol. The average Bonchev–Trinajstić information content (AvgIpc) is 2.14. The van der Waals surface area contributed by atoms with Crippen LogP contribution in [0.1, 0.15) is 0 Å². The third-order valence-electron chi connectivity index (χ3n) is 1.36. The van der Waals surface area contributed by atoms with Crippen LogP contribution in [-0.4, -0.2) is 40.8 Å². The van der Waals surface area contributed by atoms with Gasteiger partial charge in [0.2, 0.25) is 5.91 Å². The van der Waals surface area contributed by atoms with E-state index in [4.69, 9.17) is 0 Å². The molecule has 11 heteroatoms. The zero-order valence-corrected chi connectivity index (χ0v) is 11.9. The Morgan fingerprint density at radius 3 is 1.88 bits per heavy atom. The van der Waals surface area contributed by atoms with Crippen LogP contribution in [0.25, 0.3) is 0 Å². The molecule has 0 heterocycles. The van der Waals surface area contributed by atoms with Gasteiger partial charge in [-0.3, -0.25) is 29.9 Å². The summed E-state index contributed by atoms with van der Waals surface area (Å²) in [6, 6.07) is -0.985. The summed E-state index contributed by atoms with van der Waals surface area (Å²) in [6.45, 7) is 0. The minimum absolute atomic E-state index is 0. The zero-order valence-electron chi connectivity index (χ0n) is 8.79. The van der Waals surface area contributed by atoms with Crippen molar-refractivity contribution in [2.45, 2.75) is 0 Å². The van der Waals surface area contributed by atoms with Crippen molar-refractivity contribution in [2.75, 3.05) is 14.1 Å². The largest absolute Gasteiger partial charge is 1.00 e. The minimum atomic E-state index is -1.78. The van der Waals surface area contributed by atoms with Gasteiger partial charge in [0.1, 0.15) is 0 Å². The first-order chi connectivity index (χ1) is 6.82. The van der Waals surface area contributed by atoms with Gasteiger partial charge >= 0.3 is 63.6 Å². The first-order valence-electron chi connectivity index (χ1n) is 3.48. The molecule has 0 fully saturated rings. The van der Waals surface area contributed by atoms with Crippen LogP contribution in [0.15, 0.2) is 0 Å². The summed E-state index contributed by atoms with van der Waals surface area (Å²) in [5.74, 6) is -1.59. The third kappa shape index (κ3) is 4.40. The summed E-state index contributed by atoms with van der Waals surface area (Å²) in [5.41, 5.74) is 0. The Morgan fingerprint density at radius 2 is 1.62 bits per heavy atom. The number of imide groups is 1. The topological polar surface area (TPSA) is 136 Å². The number of carbonyl (C=O) groups is 2. The molecule has 0 radical (unpaired) electrons. The van der Waals surface area contributed by atoms with Crippen LogP contribution in [0.5, 0.6) is 0 Å². The van der Waals surface area contributed by atoms with Gasteiger partial charge in [-0.1, -0.05) is 0 Å². The predicted octanol–water partition coefficient (Wildman–Crippen LogP) is -4.17. The molecular formula is C5H7KN4O6. The zero-order chi connectivity index (χ0) is 12.2. The van der Waals surface area contributed by atoms with Crippen molar-refractivity contribution < 1.29 is 70.8 Å². The number of hydrogen-bond donors (Lipinski definition) is 1. The van der Waals surface area contributed by atoms with Gasteiger partial charge in [0, 0.05) is 14.1 Å². The molecule has 3 amide bonds. The second-order valence-electron chi connectivity index (χ2n) is 2.26. The van der Waals surface area contributed by atoms with Crippen LogP contribution in [0.4, 0.5) is 4.79 Å². The van der Waals surface area contributed by atoms with E-state index in [9.17, 15) is 29.8 Å². The van der Waals surface area contributed by atoms with E-state index in [-0.39, 0.29) is 56.3 Å². The first-order valence-corrected chi connectivity index (χ1v) is 3.48. The third-order valence-corrected chi connectivity index (χ3v) is 1.36. The number of carbonyl (C=O) groups excluding carboxylic acids is 2. The molecule has 16 heavy (non-hydrogen) atoms. The molecule has 0 aliphatic rings. The predicted molar refractivity (Wildman–Crippen MR) is 44.5 cm³/mol. The van der Waals surface area contributed by atoms with Crippen molar-refractivity contribution in [3.8, 4) is 0 Å². The van der Waals surface area contributed by atoms with Crippen LogP contribution in [0, 0.1) is 26.4 Å². The summed E-state index contributed by atoms with van der Waals surface area (Å²) < 4.78 is 0. The molecule has 10 nitrogen and oxygen atoms in total. The van der Waals surface area contributed by atoms with Gasteiger partial charge < -0.3 is 5.32 Å². The van der Waals surface area contributed by atoms with Crippen LogP contribution < -0.4 is 56.7 Å². The second kappa shape index (κ2) is 7.51. The molecule has 0 saturated heterocycles. The Labute approximate surface area is 132 Å². The van der Waals surface area contributed by atoms with E-state index >= 15 is 0 Å². The molecule has 1 N–H and O–H groups in total. The monoisotopic (exact) mass is 258 g/mol. The molecule has 0 bridgehead atoms. The maximum absolute atomic E-state index is 11.1. The molecule has 84 valence electrons. The van der Waals surface area contributed by atoms with Crippen molar-refractivity contribution in [1.29, 1.82) is 0 Å². The second-order valence-corrected chi connectivity index (χ2v) is 2.26. The van der Waals surface area contributed by atoms with Gasteiger partial charge in [0.15, 0.2) is 0 Å². The molecule has 0 aromatic heterocycles. The van der Waals surface area contributed by atoms with E-state index in [1.54, 1.807) is 0 Å². The van der Waals surface area contributed by atoms with Crippen molar-refractivity contribution >= 4 is 11.9 Å². The Kier molecular flexibility index (Phi) is 8.28. The number of hydrogen-bond acceptors (Lipinski definition) is 6. The number of urea groups is 1. The van der Waals surface area contributed by atoms with Crippen molar-refractivity contribution in [3.63, 3.8) is 0 Å². The van der Waals surface area contributed by atoms with Gasteiger partial charge in [0.25, 0.3) is 0 Å². The molecule has 0 aliphatic carbocycles. The molecule has 0 aliphatic heterocycles. The SMILES string of the molecule is CNC(=O)N(C)C(=O)[C-]([N+](=O)[O-])[N+](=O)[O-].[K+]. The first kappa shape index (κ1) is 17.6. The Morgan fingerprint density at radius 1 is 1.25 bits per heavy atom. The molecule has 0 rings (SSSR count). The van der Waals surface area contributed by atoms with Crippen LogP contribution in [-0.2, 0) is 4.79 Å². The maximum Gasteiger partial charge on any atom is 1.00 e. The molecular weight excluding hydrogens is 251 g/mol. The summed E-state index contributed by atoms with van der Waals surface area (Å²) >= 11 is 0. The van der Waals surface area contributed by atoms with Crippen molar-refractivity contribution in [2.24, 2.45) is 0 Å². The van der Waals surface area contributed by atoms with Gasteiger partial charge in [-0.15, -0.1) is 0 Å². The standard InChI is InChI=1S/C5H7N4O6.K/c1-6-5(11)7(2)4(10)3(8(12)13)9(14)15;/h1-2H3,(H,6,11);/q-1;+1. The number of likely N-dealkylation sites (N-methyl/N-ethyl adjacent to an activating group) is 1. The Hall–Kier alpha value is -0.754. The van der Waals surface area contributed by atoms with Gasteiger partial charge in [0.05, 0.1) is 0 Å². The summed E-state index contributed by atoms with van der Waals surface area (Å²) in [4.78, 5) is 39.5. The molecule has 0 spiro atoms. The van der Waals surface area contributed by atoms with Crippen LogP contribution in [0.3, 0.4) is 0 Å². The summed E-state index contributed by atoms with van der Waals surface area (Å²) in [5, 5.41) is 22.3. The molecule has 0 aromatic carbocycles. The molecule has 0 saturated carbocycles. The molecule has 0 unspecified atom stereocenters. The van der Waals surface area contributed by atoms with Crippen LogP contribution >= 0.6 is 0 Å². The van der Waals surface area contributed by atoms with Crippen molar-refractivity contribution in [1.82, 2.24) is 10.2 Å². The number of nitrogens with zero attached hydrogens (tertiary/aromatic N) is 3. The molecule has 0 aromatic rings. The van der Waals surface area contributed by atoms with Gasteiger partial charge in [-0.05, 0) is 9.85 Å². The van der Waals surface area contributed by atoms with E-state index in [0.29, 0.717) is 0 Å². The van der Waals surface area contributed by atoms with E-state index in [0.717, 1.165) is 7.05 Å². The fourth-order valence-electron chi connectivity index (χ4n) is 0.633. The van der Waals surface area contributed by atoms with E-state index in [1.165, 1.54) is 7.05 Å². The number of rotatable bonds is 3. The van der Waals surface area contributed by atoms with Crippen LogP contribution in [0.2, 0.25) is 0 Å². The smallest absolute Gasteiger partial charge is 0.341 e. The fraction of sp³-hybridized carbons (Fsp3) is 0.400. The van der Waals surface area contributed by atoms with E-state index in [2.05, 4.69) is 0 Å². The normalized spacial score (nSPS) is 8.38. The van der Waals surface area contributed by atoms with Gasteiger partial charge in [-0.25, -0.2) is 4.79 Å². The van der Waals surface area contributed by atoms with E-state index in [1.807, 2.05) is 5.32 Å². The number of nitro groups is 2. The van der Waals surface area contributed by atoms with Crippen molar-refractivity contribution in [3.05, 3.63) is 26.4 Å². The number of amides is 3.